The highest BCUT2D eigenvalue weighted by Gasteiger charge is 2.42. The molecule has 0 aromatic heterocycles. The molecule has 4 nitrogen and oxygen atoms in total. The van der Waals surface area contributed by atoms with Gasteiger partial charge in [0.25, 0.3) is 0 Å². The van der Waals surface area contributed by atoms with Crippen molar-refractivity contribution in [1.29, 1.82) is 0 Å². The molecule has 0 spiro atoms. The van der Waals surface area contributed by atoms with Crippen molar-refractivity contribution < 1.29 is 9.59 Å². The predicted octanol–water partition coefficient (Wildman–Crippen LogP) is 1.55. The molecule has 1 fully saturated rings. The van der Waals surface area contributed by atoms with Crippen LogP contribution in [0.1, 0.15) is 47.5 Å². The van der Waals surface area contributed by atoms with E-state index in [1.807, 2.05) is 0 Å². The molecule has 4 heteroatoms. The van der Waals surface area contributed by atoms with Crippen molar-refractivity contribution in [3.05, 3.63) is 0 Å². The molecule has 0 aromatic rings. The first kappa shape index (κ1) is 14.0. The average molecular weight is 240 g/mol. The number of piperazine rings is 1. The highest BCUT2D eigenvalue weighted by atomic mass is 16.2. The van der Waals surface area contributed by atoms with E-state index >= 15 is 0 Å². The molecular formula is C13H24N2O2. The lowest BCUT2D eigenvalue weighted by Gasteiger charge is -2.41. The van der Waals surface area contributed by atoms with Crippen molar-refractivity contribution in [2.45, 2.75) is 59.0 Å². The van der Waals surface area contributed by atoms with E-state index in [0.29, 0.717) is 12.5 Å². The quantitative estimate of drug-likeness (QED) is 0.810. The summed E-state index contributed by atoms with van der Waals surface area (Å²) >= 11 is 0. The fourth-order valence-corrected chi connectivity index (χ4v) is 2.11. The minimum absolute atomic E-state index is 0.0216. The molecule has 17 heavy (non-hydrogen) atoms. The molecule has 1 saturated heterocycles. The summed E-state index contributed by atoms with van der Waals surface area (Å²) in [6, 6.07) is -0.345. The predicted molar refractivity (Wildman–Crippen MR) is 67.5 cm³/mol. The van der Waals surface area contributed by atoms with Crippen LogP contribution in [0.3, 0.4) is 0 Å². The molecule has 1 atom stereocenters. The zero-order chi connectivity index (χ0) is 13.2. The summed E-state index contributed by atoms with van der Waals surface area (Å²) < 4.78 is 0. The van der Waals surface area contributed by atoms with Crippen molar-refractivity contribution in [3.63, 3.8) is 0 Å². The summed E-state index contributed by atoms with van der Waals surface area (Å²) in [5.74, 6) is 0.597. The highest BCUT2D eigenvalue weighted by molar-refractivity contribution is 5.99. The van der Waals surface area contributed by atoms with Gasteiger partial charge in [0, 0.05) is 6.54 Å². The minimum Gasteiger partial charge on any atom is -0.340 e. The van der Waals surface area contributed by atoms with Crippen molar-refractivity contribution >= 4 is 11.8 Å². The molecule has 1 unspecified atom stereocenters. The van der Waals surface area contributed by atoms with Crippen LogP contribution >= 0.6 is 0 Å². The molecular weight excluding hydrogens is 216 g/mol. The van der Waals surface area contributed by atoms with E-state index in [-0.39, 0.29) is 17.9 Å². The Labute approximate surface area is 104 Å². The Balaban J connectivity index is 2.66. The van der Waals surface area contributed by atoms with Crippen LogP contribution in [0.4, 0.5) is 0 Å². The smallest absolute Gasteiger partial charge is 0.248 e. The van der Waals surface area contributed by atoms with Crippen LogP contribution in [0.2, 0.25) is 0 Å². The SMILES string of the molecule is CC(C)CCCN1C(=O)C(C)(C)NC(=O)C1C. The van der Waals surface area contributed by atoms with Gasteiger partial charge in [-0.25, -0.2) is 0 Å². The number of nitrogens with zero attached hydrogens (tertiary/aromatic N) is 1. The summed E-state index contributed by atoms with van der Waals surface area (Å²) in [7, 11) is 0. The van der Waals surface area contributed by atoms with Gasteiger partial charge in [-0.2, -0.15) is 0 Å². The minimum atomic E-state index is -0.762. The van der Waals surface area contributed by atoms with E-state index in [4.69, 9.17) is 0 Å². The lowest BCUT2D eigenvalue weighted by atomic mass is 9.96. The van der Waals surface area contributed by atoms with Crippen LogP contribution < -0.4 is 5.32 Å². The number of carbonyl (C=O) groups is 2. The van der Waals surface area contributed by atoms with Gasteiger partial charge in [0.1, 0.15) is 11.6 Å². The van der Waals surface area contributed by atoms with Crippen LogP contribution in [-0.2, 0) is 9.59 Å². The fraction of sp³-hybridized carbons (Fsp3) is 0.846. The van der Waals surface area contributed by atoms with Crippen LogP contribution in [0.5, 0.6) is 0 Å². The van der Waals surface area contributed by atoms with Crippen LogP contribution in [0.25, 0.3) is 0 Å². The maximum atomic E-state index is 12.2. The van der Waals surface area contributed by atoms with Gasteiger partial charge in [0.05, 0.1) is 0 Å². The molecule has 1 heterocycles. The molecule has 1 aliphatic heterocycles. The summed E-state index contributed by atoms with van der Waals surface area (Å²) in [6.07, 6.45) is 2.04. The molecule has 0 aromatic carbocycles. The maximum Gasteiger partial charge on any atom is 0.248 e. The van der Waals surface area contributed by atoms with Crippen LogP contribution in [0.15, 0.2) is 0 Å². The van der Waals surface area contributed by atoms with Gasteiger partial charge in [-0.15, -0.1) is 0 Å². The first-order chi connectivity index (χ1) is 7.75. The van der Waals surface area contributed by atoms with Gasteiger partial charge >= 0.3 is 0 Å². The lowest BCUT2D eigenvalue weighted by Crippen LogP contribution is -2.67. The largest absolute Gasteiger partial charge is 0.340 e. The fourth-order valence-electron chi connectivity index (χ4n) is 2.11. The summed E-state index contributed by atoms with van der Waals surface area (Å²) in [4.78, 5) is 25.7. The molecule has 98 valence electrons. The van der Waals surface area contributed by atoms with E-state index in [9.17, 15) is 9.59 Å². The van der Waals surface area contributed by atoms with Crippen molar-refractivity contribution in [2.24, 2.45) is 5.92 Å². The normalized spacial score (nSPS) is 24.1. The van der Waals surface area contributed by atoms with Gasteiger partial charge in [0.2, 0.25) is 11.8 Å². The molecule has 1 aliphatic rings. The number of hydrogen-bond donors (Lipinski definition) is 1. The summed E-state index contributed by atoms with van der Waals surface area (Å²) in [5.41, 5.74) is -0.762. The first-order valence-corrected chi connectivity index (χ1v) is 6.39. The monoisotopic (exact) mass is 240 g/mol. The van der Waals surface area contributed by atoms with Gasteiger partial charge in [-0.05, 0) is 39.5 Å². The Morgan fingerprint density at radius 2 is 1.94 bits per heavy atom. The Morgan fingerprint density at radius 3 is 2.47 bits per heavy atom. The number of rotatable bonds is 4. The lowest BCUT2D eigenvalue weighted by molar-refractivity contribution is -0.152. The van der Waals surface area contributed by atoms with Gasteiger partial charge in [0.15, 0.2) is 0 Å². The van der Waals surface area contributed by atoms with Crippen molar-refractivity contribution in [1.82, 2.24) is 10.2 Å². The highest BCUT2D eigenvalue weighted by Crippen LogP contribution is 2.18. The number of amides is 2. The molecule has 1 N–H and O–H groups in total. The van der Waals surface area contributed by atoms with E-state index in [1.165, 1.54) is 0 Å². The second-order valence-corrected chi connectivity index (χ2v) is 5.82. The van der Waals surface area contributed by atoms with Gasteiger partial charge in [-0.3, -0.25) is 9.59 Å². The second kappa shape index (κ2) is 5.07. The third-order valence-electron chi connectivity index (χ3n) is 3.26. The molecule has 2 amide bonds. The number of carbonyl (C=O) groups excluding carboxylic acids is 2. The van der Waals surface area contributed by atoms with E-state index in [0.717, 1.165) is 12.8 Å². The molecule has 1 rings (SSSR count). The third kappa shape index (κ3) is 3.20. The zero-order valence-corrected chi connectivity index (χ0v) is 11.5. The number of nitrogens with one attached hydrogen (secondary N) is 1. The van der Waals surface area contributed by atoms with Crippen LogP contribution in [0, 0.1) is 5.92 Å². The van der Waals surface area contributed by atoms with E-state index < -0.39 is 5.54 Å². The second-order valence-electron chi connectivity index (χ2n) is 5.82. The van der Waals surface area contributed by atoms with E-state index in [1.54, 1.807) is 25.7 Å². The topological polar surface area (TPSA) is 49.4 Å². The van der Waals surface area contributed by atoms with Crippen molar-refractivity contribution in [2.75, 3.05) is 6.54 Å². The number of hydrogen-bond acceptors (Lipinski definition) is 2. The Morgan fingerprint density at radius 1 is 1.35 bits per heavy atom. The summed E-state index contributed by atoms with van der Waals surface area (Å²) in [5, 5.41) is 2.75. The Bertz CT molecular complexity index is 311. The first-order valence-electron chi connectivity index (χ1n) is 6.39. The van der Waals surface area contributed by atoms with Crippen LogP contribution in [-0.4, -0.2) is 34.8 Å². The van der Waals surface area contributed by atoms with Gasteiger partial charge in [-0.1, -0.05) is 13.8 Å². The molecule has 0 saturated carbocycles. The van der Waals surface area contributed by atoms with Gasteiger partial charge < -0.3 is 10.2 Å². The average Bonchev–Trinajstić information content (AvgIpc) is 2.19. The van der Waals surface area contributed by atoms with Crippen molar-refractivity contribution in [3.8, 4) is 0 Å². The third-order valence-corrected chi connectivity index (χ3v) is 3.26. The maximum absolute atomic E-state index is 12.2. The summed E-state index contributed by atoms with van der Waals surface area (Å²) in [6.45, 7) is 10.3. The molecule has 0 bridgehead atoms. The zero-order valence-electron chi connectivity index (χ0n) is 11.5. The van der Waals surface area contributed by atoms with E-state index in [2.05, 4.69) is 19.2 Å². The standard InChI is InChI=1S/C13H24N2O2/c1-9(2)7-6-8-15-10(3)11(16)14-13(4,5)12(15)17/h9-10H,6-8H2,1-5H3,(H,14,16). The molecule has 0 aliphatic carbocycles. The molecule has 0 radical (unpaired) electrons. The Hall–Kier alpha value is -1.06. The Kier molecular flexibility index (Phi) is 4.17.